The number of rotatable bonds is 6. The molecule has 1 unspecified atom stereocenters. The minimum Gasteiger partial charge on any atom is -0.393 e. The maximum absolute atomic E-state index is 12.5. The molecule has 4 aliphatic carbocycles. The lowest BCUT2D eigenvalue weighted by molar-refractivity contribution is -0.191. The number of allylic oxidation sites excluding steroid dienone is 1. The number of nitrogens with zero attached hydrogens (tertiary/aromatic N) is 1. The molecule has 32 heavy (non-hydrogen) atoms. The smallest absolute Gasteiger partial charge is 0.245 e. The number of aliphatic hydroxyl groups excluding tert-OH is 1. The van der Waals surface area contributed by atoms with Gasteiger partial charge in [-0.25, -0.2) is 5.06 Å². The molecule has 4 nitrogen and oxygen atoms in total. The van der Waals surface area contributed by atoms with Crippen molar-refractivity contribution < 1.29 is 14.7 Å². The van der Waals surface area contributed by atoms with E-state index in [1.54, 1.807) is 12.6 Å². The Morgan fingerprint density at radius 2 is 1.91 bits per heavy atom. The number of fused-ring (bicyclic) bond motifs is 5. The molecule has 4 heteroatoms. The number of aliphatic hydroxyl groups is 1. The highest BCUT2D eigenvalue weighted by Gasteiger charge is 2.59. The van der Waals surface area contributed by atoms with Crippen molar-refractivity contribution in [1.29, 1.82) is 0 Å². The first-order valence-corrected chi connectivity index (χ1v) is 13.4. The van der Waals surface area contributed by atoms with Crippen LogP contribution in [0.25, 0.3) is 0 Å². The molecule has 1 amide bonds. The molecule has 3 saturated carbocycles. The predicted octanol–water partition coefficient (Wildman–Crippen LogP) is 6.14. The zero-order chi connectivity index (χ0) is 23.3. The van der Waals surface area contributed by atoms with E-state index in [9.17, 15) is 9.90 Å². The largest absolute Gasteiger partial charge is 0.393 e. The van der Waals surface area contributed by atoms with Gasteiger partial charge in [0.05, 0.1) is 12.2 Å². The van der Waals surface area contributed by atoms with Gasteiger partial charge in [-0.1, -0.05) is 32.4 Å². The van der Waals surface area contributed by atoms with E-state index in [2.05, 4.69) is 26.8 Å². The number of carbonyl (C=O) groups excluding carboxylic acids is 1. The lowest BCUT2D eigenvalue weighted by Crippen LogP contribution is -2.50. The monoisotopic (exact) mass is 445 g/mol. The lowest BCUT2D eigenvalue weighted by Gasteiger charge is -2.58. The van der Waals surface area contributed by atoms with Gasteiger partial charge in [-0.3, -0.25) is 9.63 Å². The molecular formula is C28H47NO3. The normalized spacial score (nSPS) is 42.0. The van der Waals surface area contributed by atoms with Gasteiger partial charge in [0.15, 0.2) is 0 Å². The first-order chi connectivity index (χ1) is 15.1. The van der Waals surface area contributed by atoms with Crippen LogP contribution in [0.5, 0.6) is 0 Å². The van der Waals surface area contributed by atoms with Gasteiger partial charge >= 0.3 is 0 Å². The molecule has 0 radical (unpaired) electrons. The van der Waals surface area contributed by atoms with Gasteiger partial charge in [0, 0.05) is 13.5 Å². The maximum atomic E-state index is 12.5. The van der Waals surface area contributed by atoms with Crippen molar-refractivity contribution in [3.63, 3.8) is 0 Å². The third kappa shape index (κ3) is 4.19. The summed E-state index contributed by atoms with van der Waals surface area (Å²) in [5.41, 5.74) is 2.30. The van der Waals surface area contributed by atoms with E-state index in [1.807, 2.05) is 13.8 Å². The third-order valence-corrected chi connectivity index (χ3v) is 10.4. The molecule has 0 aromatic heterocycles. The van der Waals surface area contributed by atoms with Gasteiger partial charge in [-0.05, 0) is 112 Å². The van der Waals surface area contributed by atoms with Crippen LogP contribution in [0.2, 0.25) is 0 Å². The minimum atomic E-state index is -0.121. The Labute approximate surface area is 196 Å². The van der Waals surface area contributed by atoms with Crippen LogP contribution in [0.3, 0.4) is 0 Å². The first kappa shape index (κ1) is 24.3. The second-order valence-electron chi connectivity index (χ2n) is 12.4. The number of hydrogen-bond donors (Lipinski definition) is 1. The Morgan fingerprint density at radius 3 is 2.62 bits per heavy atom. The van der Waals surface area contributed by atoms with Gasteiger partial charge in [0.1, 0.15) is 0 Å². The summed E-state index contributed by atoms with van der Waals surface area (Å²) >= 11 is 0. The Kier molecular flexibility index (Phi) is 6.87. The highest BCUT2D eigenvalue weighted by Crippen LogP contribution is 2.67. The van der Waals surface area contributed by atoms with Crippen molar-refractivity contribution in [1.82, 2.24) is 5.06 Å². The SMILES string of the molecule is CC(C)ON(C)C(=O)CCC(C)[C@H]1CC[C@H]2[C@@H]3CC=C4C[C@@H](O)CC[C@]4(C)[C@H]3CC[C@]12C. The van der Waals surface area contributed by atoms with Gasteiger partial charge in [0.25, 0.3) is 0 Å². The summed E-state index contributed by atoms with van der Waals surface area (Å²) in [6.07, 6.45) is 13.6. The predicted molar refractivity (Wildman–Crippen MR) is 129 cm³/mol. The molecule has 0 spiro atoms. The quantitative estimate of drug-likeness (QED) is 0.394. The standard InChI is InChI=1S/C28H47NO3/c1-18(2)32-29(6)26(31)12-7-19(3)23-10-11-24-22-9-8-20-17-21(30)13-15-27(20,4)25(22)14-16-28(23,24)5/h8,18-19,21-25,30H,7,9-17H2,1-6H3/t19?,21-,22-,23+,24-,25-,27-,28+/m0/s1. The molecule has 0 saturated heterocycles. The minimum absolute atomic E-state index is 0.0328. The molecule has 4 aliphatic rings. The number of hydroxylamine groups is 2. The highest BCUT2D eigenvalue weighted by molar-refractivity contribution is 5.74. The molecule has 0 heterocycles. The van der Waals surface area contributed by atoms with Crippen molar-refractivity contribution in [3.05, 3.63) is 11.6 Å². The van der Waals surface area contributed by atoms with E-state index >= 15 is 0 Å². The fraction of sp³-hybridized carbons (Fsp3) is 0.893. The summed E-state index contributed by atoms with van der Waals surface area (Å²) in [5, 5.41) is 11.7. The van der Waals surface area contributed by atoms with Gasteiger partial charge < -0.3 is 5.11 Å². The average Bonchev–Trinajstić information content (AvgIpc) is 3.09. The Hall–Kier alpha value is -0.870. The molecule has 0 aromatic rings. The van der Waals surface area contributed by atoms with E-state index in [-0.39, 0.29) is 18.1 Å². The van der Waals surface area contributed by atoms with Gasteiger partial charge in [-0.15, -0.1) is 0 Å². The van der Waals surface area contributed by atoms with Crippen molar-refractivity contribution in [2.75, 3.05) is 7.05 Å². The van der Waals surface area contributed by atoms with Crippen LogP contribution in [-0.2, 0) is 9.63 Å². The van der Waals surface area contributed by atoms with E-state index in [4.69, 9.17) is 4.84 Å². The number of carbonyl (C=O) groups is 1. The zero-order valence-electron chi connectivity index (χ0n) is 21.4. The van der Waals surface area contributed by atoms with Crippen LogP contribution in [-0.4, -0.2) is 35.3 Å². The van der Waals surface area contributed by atoms with Crippen molar-refractivity contribution in [2.24, 2.45) is 40.4 Å². The Bertz CT molecular complexity index is 732. The van der Waals surface area contributed by atoms with E-state index in [0.29, 0.717) is 23.2 Å². The van der Waals surface area contributed by atoms with Crippen molar-refractivity contribution >= 4 is 5.91 Å². The van der Waals surface area contributed by atoms with Crippen LogP contribution < -0.4 is 0 Å². The average molecular weight is 446 g/mol. The van der Waals surface area contributed by atoms with E-state index in [0.717, 1.165) is 42.9 Å². The van der Waals surface area contributed by atoms with Gasteiger partial charge in [-0.2, -0.15) is 0 Å². The van der Waals surface area contributed by atoms with Crippen LogP contribution >= 0.6 is 0 Å². The summed E-state index contributed by atoms with van der Waals surface area (Å²) < 4.78 is 0. The topological polar surface area (TPSA) is 49.8 Å². The molecule has 3 fully saturated rings. The summed E-state index contributed by atoms with van der Waals surface area (Å²) in [7, 11) is 1.75. The summed E-state index contributed by atoms with van der Waals surface area (Å²) in [6, 6.07) is 0. The van der Waals surface area contributed by atoms with Crippen molar-refractivity contribution in [2.45, 2.75) is 111 Å². The molecule has 8 atom stereocenters. The highest BCUT2D eigenvalue weighted by atomic mass is 16.7. The second-order valence-corrected chi connectivity index (χ2v) is 12.4. The fourth-order valence-electron chi connectivity index (χ4n) is 8.70. The van der Waals surface area contributed by atoms with Crippen LogP contribution in [0.15, 0.2) is 11.6 Å². The Morgan fingerprint density at radius 1 is 1.16 bits per heavy atom. The third-order valence-electron chi connectivity index (χ3n) is 10.4. The first-order valence-electron chi connectivity index (χ1n) is 13.4. The van der Waals surface area contributed by atoms with Gasteiger partial charge in [0.2, 0.25) is 5.91 Å². The molecular weight excluding hydrogens is 398 g/mol. The van der Waals surface area contributed by atoms with E-state index < -0.39 is 0 Å². The van der Waals surface area contributed by atoms with Crippen LogP contribution in [0, 0.1) is 40.4 Å². The zero-order valence-corrected chi connectivity index (χ0v) is 21.4. The van der Waals surface area contributed by atoms with Crippen LogP contribution in [0.1, 0.15) is 98.8 Å². The Balaban J connectivity index is 1.42. The molecule has 1 N–H and O–H groups in total. The summed E-state index contributed by atoms with van der Waals surface area (Å²) in [4.78, 5) is 18.1. The molecule has 0 bridgehead atoms. The fourth-order valence-corrected chi connectivity index (χ4v) is 8.70. The molecule has 182 valence electrons. The van der Waals surface area contributed by atoms with E-state index in [1.165, 1.54) is 43.6 Å². The molecule has 4 rings (SSSR count). The summed E-state index contributed by atoms with van der Waals surface area (Å²) in [5.74, 6) is 3.83. The summed E-state index contributed by atoms with van der Waals surface area (Å²) in [6.45, 7) is 11.4. The van der Waals surface area contributed by atoms with Crippen molar-refractivity contribution in [3.8, 4) is 0 Å². The lowest BCUT2D eigenvalue weighted by atomic mass is 9.47. The number of hydrogen-bond acceptors (Lipinski definition) is 3. The molecule has 0 aromatic carbocycles. The van der Waals surface area contributed by atoms with Crippen LogP contribution in [0.4, 0.5) is 0 Å². The maximum Gasteiger partial charge on any atom is 0.245 e. The second kappa shape index (κ2) is 9.06. The molecule has 0 aliphatic heterocycles. The number of amides is 1.